The second-order valence-corrected chi connectivity index (χ2v) is 7.38. The van der Waals surface area contributed by atoms with Crippen LogP contribution in [0, 0.1) is 11.6 Å². The van der Waals surface area contributed by atoms with E-state index in [2.05, 4.69) is 5.32 Å². The fourth-order valence-electron chi connectivity index (χ4n) is 3.27. The first-order chi connectivity index (χ1) is 15.3. The molecule has 0 aliphatic carbocycles. The quantitative estimate of drug-likeness (QED) is 0.641. The van der Waals surface area contributed by atoms with Gasteiger partial charge in [0.1, 0.15) is 17.4 Å². The molecule has 1 unspecified atom stereocenters. The van der Waals surface area contributed by atoms with Crippen molar-refractivity contribution in [1.82, 2.24) is 15.1 Å². The number of carbonyl (C=O) groups excluding carboxylic acids is 3. The first-order valence-corrected chi connectivity index (χ1v) is 10.1. The van der Waals surface area contributed by atoms with Crippen molar-refractivity contribution < 1.29 is 27.9 Å². The number of nitrogens with two attached hydrogens (primary N) is 1. The van der Waals surface area contributed by atoms with E-state index in [-0.39, 0.29) is 38.3 Å². The Labute approximate surface area is 187 Å². The van der Waals surface area contributed by atoms with E-state index in [1.54, 1.807) is 24.3 Å². The third kappa shape index (κ3) is 5.51. The molecule has 0 saturated carbocycles. The van der Waals surface area contributed by atoms with E-state index in [0.29, 0.717) is 16.8 Å². The third-order valence-electron chi connectivity index (χ3n) is 4.72. The minimum absolute atomic E-state index is 0.00956. The molecule has 1 heterocycles. The maximum Gasteiger partial charge on any atom is 0.263 e. The van der Waals surface area contributed by atoms with Crippen LogP contribution in [0.3, 0.4) is 0 Å². The Morgan fingerprint density at radius 3 is 2.31 bits per heavy atom. The van der Waals surface area contributed by atoms with Gasteiger partial charge in [0.15, 0.2) is 12.8 Å². The van der Waals surface area contributed by atoms with Crippen molar-refractivity contribution in [2.75, 3.05) is 32.8 Å². The van der Waals surface area contributed by atoms with Crippen LogP contribution in [0.4, 0.5) is 8.78 Å². The summed E-state index contributed by atoms with van der Waals surface area (Å²) in [6.45, 7) is -0.0965. The van der Waals surface area contributed by atoms with Gasteiger partial charge in [-0.1, -0.05) is 11.6 Å². The summed E-state index contributed by atoms with van der Waals surface area (Å²) in [5.41, 5.74) is 5.15. The smallest absolute Gasteiger partial charge is 0.263 e. The number of hydrogen-bond donors (Lipinski definition) is 2. The van der Waals surface area contributed by atoms with Crippen molar-refractivity contribution in [3.63, 3.8) is 0 Å². The maximum absolute atomic E-state index is 13.6. The Morgan fingerprint density at radius 1 is 1.06 bits per heavy atom. The van der Waals surface area contributed by atoms with Crippen molar-refractivity contribution in [2.24, 2.45) is 5.73 Å². The van der Waals surface area contributed by atoms with Gasteiger partial charge in [-0.25, -0.2) is 8.78 Å². The SMILES string of the molecule is NCCNC(=O)C1N(C(=O)COc2ccc(Cl)cc2)CCN1C(=O)c1cc(F)cc(F)c1. The molecule has 2 aromatic rings. The number of nitrogens with zero attached hydrogens (tertiary/aromatic N) is 2. The summed E-state index contributed by atoms with van der Waals surface area (Å²) in [7, 11) is 0. The zero-order valence-corrected chi connectivity index (χ0v) is 17.6. The van der Waals surface area contributed by atoms with Crippen LogP contribution in [0.15, 0.2) is 42.5 Å². The Morgan fingerprint density at radius 2 is 1.69 bits per heavy atom. The Bertz CT molecular complexity index is 986. The first-order valence-electron chi connectivity index (χ1n) is 9.73. The molecule has 1 saturated heterocycles. The van der Waals surface area contributed by atoms with Crippen LogP contribution < -0.4 is 15.8 Å². The number of carbonyl (C=O) groups is 3. The Hall–Kier alpha value is -3.24. The molecule has 3 N–H and O–H groups in total. The second-order valence-electron chi connectivity index (χ2n) is 6.94. The van der Waals surface area contributed by atoms with E-state index in [1.165, 1.54) is 4.90 Å². The molecule has 3 rings (SSSR count). The average Bonchev–Trinajstić information content (AvgIpc) is 3.21. The van der Waals surface area contributed by atoms with Gasteiger partial charge in [-0.3, -0.25) is 14.4 Å². The van der Waals surface area contributed by atoms with Gasteiger partial charge in [0.05, 0.1) is 0 Å². The minimum atomic E-state index is -1.32. The van der Waals surface area contributed by atoms with E-state index in [4.69, 9.17) is 22.1 Å². The molecule has 1 fully saturated rings. The zero-order valence-electron chi connectivity index (χ0n) is 16.9. The lowest BCUT2D eigenvalue weighted by atomic mass is 10.1. The summed E-state index contributed by atoms with van der Waals surface area (Å²) in [5.74, 6) is -3.44. The standard InChI is InChI=1S/C21H21ClF2N4O4/c22-14-1-3-17(4-2-14)32-12-18(29)27-7-8-28(20(27)19(30)26-6-5-25)21(31)13-9-15(23)11-16(24)10-13/h1-4,9-11,20H,5-8,12,25H2,(H,26,30). The van der Waals surface area contributed by atoms with Gasteiger partial charge in [0.25, 0.3) is 17.7 Å². The van der Waals surface area contributed by atoms with Crippen molar-refractivity contribution >= 4 is 29.3 Å². The van der Waals surface area contributed by atoms with E-state index in [1.807, 2.05) is 0 Å². The van der Waals surface area contributed by atoms with Crippen molar-refractivity contribution in [1.29, 1.82) is 0 Å². The summed E-state index contributed by atoms with van der Waals surface area (Å²) in [4.78, 5) is 40.7. The summed E-state index contributed by atoms with van der Waals surface area (Å²) < 4.78 is 32.6. The predicted octanol–water partition coefficient (Wildman–Crippen LogP) is 1.38. The fourth-order valence-corrected chi connectivity index (χ4v) is 3.40. The highest BCUT2D eigenvalue weighted by atomic mass is 35.5. The van der Waals surface area contributed by atoms with Crippen LogP contribution in [0.25, 0.3) is 0 Å². The van der Waals surface area contributed by atoms with Crippen molar-refractivity contribution in [3.05, 3.63) is 64.7 Å². The van der Waals surface area contributed by atoms with Gasteiger partial charge in [-0.2, -0.15) is 0 Å². The van der Waals surface area contributed by atoms with Crippen molar-refractivity contribution in [3.8, 4) is 5.75 Å². The average molecular weight is 467 g/mol. The molecule has 8 nitrogen and oxygen atoms in total. The number of halogens is 3. The molecule has 1 atom stereocenters. The topological polar surface area (TPSA) is 105 Å². The van der Waals surface area contributed by atoms with Gasteiger partial charge in [-0.15, -0.1) is 0 Å². The largest absolute Gasteiger partial charge is 0.484 e. The van der Waals surface area contributed by atoms with Crippen LogP contribution >= 0.6 is 11.6 Å². The van der Waals surface area contributed by atoms with Crippen LogP contribution in [0.1, 0.15) is 10.4 Å². The van der Waals surface area contributed by atoms with E-state index in [0.717, 1.165) is 17.0 Å². The van der Waals surface area contributed by atoms with Gasteiger partial charge >= 0.3 is 0 Å². The normalized spacial score (nSPS) is 15.6. The summed E-state index contributed by atoms with van der Waals surface area (Å²) in [6.07, 6.45) is -1.32. The van der Waals surface area contributed by atoms with E-state index in [9.17, 15) is 23.2 Å². The number of hydrogen-bond acceptors (Lipinski definition) is 5. The Balaban J connectivity index is 1.79. The summed E-state index contributed by atoms with van der Waals surface area (Å²) >= 11 is 5.82. The molecule has 0 aromatic heterocycles. The number of rotatable bonds is 7. The predicted molar refractivity (Wildman–Crippen MR) is 112 cm³/mol. The van der Waals surface area contributed by atoms with Gasteiger partial charge in [0, 0.05) is 42.8 Å². The van der Waals surface area contributed by atoms with E-state index < -0.39 is 35.5 Å². The first kappa shape index (κ1) is 23.4. The molecule has 170 valence electrons. The van der Waals surface area contributed by atoms with Gasteiger partial charge < -0.3 is 25.6 Å². The monoisotopic (exact) mass is 466 g/mol. The second kappa shape index (κ2) is 10.4. The maximum atomic E-state index is 13.6. The molecule has 1 aliphatic heterocycles. The lowest BCUT2D eigenvalue weighted by Gasteiger charge is -2.29. The number of nitrogens with one attached hydrogen (secondary N) is 1. The third-order valence-corrected chi connectivity index (χ3v) is 4.97. The Kier molecular flexibility index (Phi) is 7.60. The molecule has 32 heavy (non-hydrogen) atoms. The molecule has 11 heteroatoms. The number of benzene rings is 2. The highest BCUT2D eigenvalue weighted by molar-refractivity contribution is 6.30. The highest BCUT2D eigenvalue weighted by Gasteiger charge is 2.43. The molecular weight excluding hydrogens is 446 g/mol. The molecule has 0 radical (unpaired) electrons. The molecule has 3 amide bonds. The van der Waals surface area contributed by atoms with Crippen molar-refractivity contribution in [2.45, 2.75) is 6.17 Å². The zero-order chi connectivity index (χ0) is 23.3. The molecule has 0 spiro atoms. The van der Waals surface area contributed by atoms with Crippen LogP contribution in [-0.4, -0.2) is 66.5 Å². The molecular formula is C21H21ClF2N4O4. The van der Waals surface area contributed by atoms with Gasteiger partial charge in [-0.05, 0) is 36.4 Å². The summed E-state index contributed by atoms with van der Waals surface area (Å²) in [6, 6.07) is 8.73. The lowest BCUT2D eigenvalue weighted by Crippen LogP contribution is -2.55. The molecule has 0 bridgehead atoms. The van der Waals surface area contributed by atoms with Crippen LogP contribution in [0.2, 0.25) is 5.02 Å². The highest BCUT2D eigenvalue weighted by Crippen LogP contribution is 2.21. The van der Waals surface area contributed by atoms with Gasteiger partial charge in [0.2, 0.25) is 0 Å². The fraction of sp³-hybridized carbons (Fsp3) is 0.286. The van der Waals surface area contributed by atoms with Crippen LogP contribution in [0.5, 0.6) is 5.75 Å². The van der Waals surface area contributed by atoms with Crippen LogP contribution in [-0.2, 0) is 9.59 Å². The molecule has 2 aromatic carbocycles. The lowest BCUT2D eigenvalue weighted by molar-refractivity contribution is -0.142. The summed E-state index contributed by atoms with van der Waals surface area (Å²) in [5, 5.41) is 3.05. The number of amides is 3. The molecule has 1 aliphatic rings. The number of ether oxygens (including phenoxy) is 1. The minimum Gasteiger partial charge on any atom is -0.484 e. The van der Waals surface area contributed by atoms with E-state index >= 15 is 0 Å².